The third-order valence-corrected chi connectivity index (χ3v) is 5.79. The lowest BCUT2D eigenvalue weighted by molar-refractivity contribution is -0.138. The molecule has 3 saturated heterocycles. The molecule has 5 heteroatoms. The van der Waals surface area contributed by atoms with Gasteiger partial charge in [0.25, 0.3) is 0 Å². The molecular weight excluding hydrogens is 312 g/mol. The van der Waals surface area contributed by atoms with Crippen LogP contribution < -0.4 is 5.32 Å². The zero-order chi connectivity index (χ0) is 15.8. The van der Waals surface area contributed by atoms with Crippen LogP contribution in [0, 0.1) is 5.92 Å². The SMILES string of the molecule is O=C([C@@H]1C[C@H]2CC[C@H]1O2)N1CCC(Nc2ccccc2Cl)CC1. The number of halogens is 1. The van der Waals surface area contributed by atoms with E-state index in [0.717, 1.165) is 55.9 Å². The summed E-state index contributed by atoms with van der Waals surface area (Å²) in [5, 5.41) is 4.27. The van der Waals surface area contributed by atoms with Gasteiger partial charge in [-0.1, -0.05) is 23.7 Å². The molecule has 3 heterocycles. The minimum atomic E-state index is 0.113. The fourth-order valence-corrected chi connectivity index (χ4v) is 4.36. The molecule has 1 aromatic carbocycles. The molecule has 4 rings (SSSR count). The molecule has 4 nitrogen and oxygen atoms in total. The monoisotopic (exact) mass is 334 g/mol. The topological polar surface area (TPSA) is 41.6 Å². The van der Waals surface area contributed by atoms with Crippen molar-refractivity contribution in [2.45, 2.75) is 50.4 Å². The minimum absolute atomic E-state index is 0.113. The maximum absolute atomic E-state index is 12.7. The number of carbonyl (C=O) groups excluding carboxylic acids is 1. The second-order valence-corrected chi connectivity index (χ2v) is 7.35. The average Bonchev–Trinajstić information content (AvgIpc) is 3.20. The molecule has 3 aliphatic heterocycles. The van der Waals surface area contributed by atoms with Crippen LogP contribution in [-0.2, 0) is 9.53 Å². The number of fused-ring (bicyclic) bond motifs is 2. The summed E-state index contributed by atoms with van der Waals surface area (Å²) in [6.45, 7) is 1.66. The summed E-state index contributed by atoms with van der Waals surface area (Å²) in [5.41, 5.74) is 0.987. The maximum atomic E-state index is 12.7. The lowest BCUT2D eigenvalue weighted by Gasteiger charge is -2.35. The van der Waals surface area contributed by atoms with E-state index in [4.69, 9.17) is 16.3 Å². The second-order valence-electron chi connectivity index (χ2n) is 6.94. The highest BCUT2D eigenvalue weighted by molar-refractivity contribution is 6.33. The van der Waals surface area contributed by atoms with Crippen LogP contribution in [0.25, 0.3) is 0 Å². The van der Waals surface area contributed by atoms with Crippen LogP contribution in [0.4, 0.5) is 5.69 Å². The van der Waals surface area contributed by atoms with Crippen molar-refractivity contribution in [2.75, 3.05) is 18.4 Å². The highest BCUT2D eigenvalue weighted by Crippen LogP contribution is 2.40. The molecule has 0 radical (unpaired) electrons. The van der Waals surface area contributed by atoms with Gasteiger partial charge >= 0.3 is 0 Å². The average molecular weight is 335 g/mol. The Labute approximate surface area is 142 Å². The standard InChI is InChI=1S/C18H23ClN2O2/c19-15-3-1-2-4-16(15)20-12-7-9-21(10-8-12)18(22)14-11-13-5-6-17(14)23-13/h1-4,12-14,17,20H,5-11H2/t13-,14-,17-/m1/s1. The first-order valence-electron chi connectivity index (χ1n) is 8.66. The van der Waals surface area contributed by atoms with Crippen LogP contribution in [-0.4, -0.2) is 42.1 Å². The smallest absolute Gasteiger partial charge is 0.228 e. The van der Waals surface area contributed by atoms with E-state index in [-0.39, 0.29) is 12.0 Å². The van der Waals surface area contributed by atoms with Crippen LogP contribution >= 0.6 is 11.6 Å². The van der Waals surface area contributed by atoms with Crippen LogP contribution in [0.5, 0.6) is 0 Å². The predicted octanol–water partition coefficient (Wildman–Crippen LogP) is 3.31. The number of ether oxygens (including phenoxy) is 1. The molecule has 0 aliphatic carbocycles. The molecule has 1 amide bonds. The fraction of sp³-hybridized carbons (Fsp3) is 0.611. The van der Waals surface area contributed by atoms with Crippen molar-refractivity contribution in [3.8, 4) is 0 Å². The Morgan fingerprint density at radius 1 is 1.17 bits per heavy atom. The lowest BCUT2D eigenvalue weighted by atomic mass is 9.87. The summed E-state index contributed by atoms with van der Waals surface area (Å²) in [4.78, 5) is 14.8. The van der Waals surface area contributed by atoms with E-state index in [1.807, 2.05) is 29.2 Å². The molecule has 0 spiro atoms. The van der Waals surface area contributed by atoms with Gasteiger partial charge in [-0.05, 0) is 44.2 Å². The molecule has 1 aromatic rings. The summed E-state index contributed by atoms with van der Waals surface area (Å²) in [6, 6.07) is 8.22. The van der Waals surface area contributed by atoms with Gasteiger partial charge in [-0.15, -0.1) is 0 Å². The van der Waals surface area contributed by atoms with E-state index in [0.29, 0.717) is 18.1 Å². The van der Waals surface area contributed by atoms with Gasteiger partial charge in [0.05, 0.1) is 28.8 Å². The van der Waals surface area contributed by atoms with Crippen LogP contribution in [0.1, 0.15) is 32.1 Å². The van der Waals surface area contributed by atoms with Crippen LogP contribution in [0.15, 0.2) is 24.3 Å². The van der Waals surface area contributed by atoms with Gasteiger partial charge in [0, 0.05) is 19.1 Å². The number of hydrogen-bond acceptors (Lipinski definition) is 3. The van der Waals surface area contributed by atoms with Crippen molar-refractivity contribution in [1.29, 1.82) is 0 Å². The summed E-state index contributed by atoms with van der Waals surface area (Å²) in [6.07, 6.45) is 5.60. The van der Waals surface area contributed by atoms with Gasteiger partial charge < -0.3 is 15.0 Å². The molecular formula is C18H23ClN2O2. The van der Waals surface area contributed by atoms with Crippen molar-refractivity contribution in [2.24, 2.45) is 5.92 Å². The van der Waals surface area contributed by atoms with Crippen LogP contribution in [0.2, 0.25) is 5.02 Å². The first-order valence-corrected chi connectivity index (χ1v) is 9.04. The molecule has 2 bridgehead atoms. The van der Waals surface area contributed by atoms with Crippen molar-refractivity contribution in [1.82, 2.24) is 4.90 Å². The number of benzene rings is 1. The third kappa shape index (κ3) is 3.07. The van der Waals surface area contributed by atoms with Gasteiger partial charge in [-0.25, -0.2) is 0 Å². The highest BCUT2D eigenvalue weighted by atomic mass is 35.5. The Morgan fingerprint density at radius 3 is 2.61 bits per heavy atom. The maximum Gasteiger partial charge on any atom is 0.228 e. The fourth-order valence-electron chi connectivity index (χ4n) is 4.17. The molecule has 23 heavy (non-hydrogen) atoms. The van der Waals surface area contributed by atoms with E-state index in [1.54, 1.807) is 0 Å². The zero-order valence-corrected chi connectivity index (χ0v) is 14.0. The summed E-state index contributed by atoms with van der Waals surface area (Å²) in [5.74, 6) is 0.426. The van der Waals surface area contributed by atoms with E-state index >= 15 is 0 Å². The van der Waals surface area contributed by atoms with Gasteiger partial charge in [0.1, 0.15) is 0 Å². The van der Waals surface area contributed by atoms with E-state index in [9.17, 15) is 4.79 Å². The van der Waals surface area contributed by atoms with E-state index in [1.165, 1.54) is 0 Å². The van der Waals surface area contributed by atoms with Crippen LogP contribution in [0.3, 0.4) is 0 Å². The van der Waals surface area contributed by atoms with Gasteiger partial charge in [-0.2, -0.15) is 0 Å². The summed E-state index contributed by atoms with van der Waals surface area (Å²) in [7, 11) is 0. The van der Waals surface area contributed by atoms with Crippen molar-refractivity contribution in [3.05, 3.63) is 29.3 Å². The molecule has 0 unspecified atom stereocenters. The number of anilines is 1. The number of piperidine rings is 1. The first-order chi connectivity index (χ1) is 11.2. The molecule has 3 aliphatic rings. The molecule has 0 aromatic heterocycles. The molecule has 124 valence electrons. The van der Waals surface area contributed by atoms with Crippen molar-refractivity contribution in [3.63, 3.8) is 0 Å². The second kappa shape index (κ2) is 6.33. The minimum Gasteiger partial charge on any atom is -0.381 e. The molecule has 3 fully saturated rings. The first kappa shape index (κ1) is 15.3. The van der Waals surface area contributed by atoms with E-state index in [2.05, 4.69) is 5.32 Å². The highest BCUT2D eigenvalue weighted by Gasteiger charge is 2.46. The number of rotatable bonds is 3. The number of nitrogens with zero attached hydrogens (tertiary/aromatic N) is 1. The summed E-state index contributed by atoms with van der Waals surface area (Å²) >= 11 is 6.20. The van der Waals surface area contributed by atoms with Gasteiger partial charge in [0.2, 0.25) is 5.91 Å². The molecule has 1 N–H and O–H groups in total. The number of nitrogens with one attached hydrogen (secondary N) is 1. The number of para-hydroxylation sites is 1. The quantitative estimate of drug-likeness (QED) is 0.922. The number of carbonyl (C=O) groups is 1. The largest absolute Gasteiger partial charge is 0.381 e. The molecule has 3 atom stereocenters. The Hall–Kier alpha value is -1.26. The zero-order valence-electron chi connectivity index (χ0n) is 13.2. The Balaban J connectivity index is 1.31. The predicted molar refractivity (Wildman–Crippen MR) is 90.7 cm³/mol. The van der Waals surface area contributed by atoms with Gasteiger partial charge in [-0.3, -0.25) is 4.79 Å². The van der Waals surface area contributed by atoms with E-state index < -0.39 is 0 Å². The Bertz CT molecular complexity index is 586. The summed E-state index contributed by atoms with van der Waals surface area (Å²) < 4.78 is 5.84. The Kier molecular flexibility index (Phi) is 4.20. The van der Waals surface area contributed by atoms with Gasteiger partial charge in [0.15, 0.2) is 0 Å². The normalized spacial score (nSPS) is 30.7. The number of hydrogen-bond donors (Lipinski definition) is 1. The third-order valence-electron chi connectivity index (χ3n) is 5.46. The lowest BCUT2D eigenvalue weighted by Crippen LogP contribution is -2.46. The number of amides is 1. The Morgan fingerprint density at radius 2 is 1.96 bits per heavy atom. The molecule has 0 saturated carbocycles. The number of likely N-dealkylation sites (tertiary alicyclic amines) is 1. The van der Waals surface area contributed by atoms with Crippen molar-refractivity contribution < 1.29 is 9.53 Å². The van der Waals surface area contributed by atoms with Crippen molar-refractivity contribution >= 4 is 23.2 Å².